The van der Waals surface area contributed by atoms with E-state index in [9.17, 15) is 4.79 Å². The Bertz CT molecular complexity index is 769. The zero-order chi connectivity index (χ0) is 12.7. The van der Waals surface area contributed by atoms with Crippen LogP contribution in [0.5, 0.6) is 0 Å². The number of benzene rings is 1. The molecule has 0 saturated heterocycles. The molecule has 5 heteroatoms. The summed E-state index contributed by atoms with van der Waals surface area (Å²) in [5.74, 6) is 0. The Morgan fingerprint density at radius 3 is 3.00 bits per heavy atom. The van der Waals surface area contributed by atoms with Gasteiger partial charge in [0.2, 0.25) is 0 Å². The van der Waals surface area contributed by atoms with Crippen molar-refractivity contribution in [1.82, 2.24) is 14.6 Å². The number of hydrogen-bond donors (Lipinski definition) is 2. The van der Waals surface area contributed by atoms with Gasteiger partial charge in [0.15, 0.2) is 5.65 Å². The van der Waals surface area contributed by atoms with Crippen LogP contribution in [0.2, 0.25) is 0 Å². The van der Waals surface area contributed by atoms with Crippen molar-refractivity contribution in [2.75, 3.05) is 0 Å². The first kappa shape index (κ1) is 11.0. The number of hydrogen-bond acceptors (Lipinski definition) is 3. The molecule has 0 aliphatic rings. The first-order valence-corrected chi connectivity index (χ1v) is 5.90. The summed E-state index contributed by atoms with van der Waals surface area (Å²) < 4.78 is 1.47. The Labute approximate surface area is 103 Å². The molecule has 0 spiro atoms. The van der Waals surface area contributed by atoms with Crippen molar-refractivity contribution in [2.24, 2.45) is 5.73 Å². The van der Waals surface area contributed by atoms with Gasteiger partial charge in [-0.3, -0.25) is 9.89 Å². The summed E-state index contributed by atoms with van der Waals surface area (Å²) in [6.45, 7) is 1.93. The maximum Gasteiger partial charge on any atom is 0.280 e. The highest BCUT2D eigenvalue weighted by molar-refractivity contribution is 5.79. The third-order valence-corrected chi connectivity index (χ3v) is 2.97. The summed E-state index contributed by atoms with van der Waals surface area (Å²) in [4.78, 5) is 16.8. The summed E-state index contributed by atoms with van der Waals surface area (Å²) in [7, 11) is 0. The Hall–Kier alpha value is -2.14. The van der Waals surface area contributed by atoms with Gasteiger partial charge in [-0.1, -0.05) is 12.1 Å². The number of rotatable bonds is 2. The molecule has 0 aliphatic heterocycles. The van der Waals surface area contributed by atoms with E-state index in [0.717, 1.165) is 5.56 Å². The van der Waals surface area contributed by atoms with Crippen LogP contribution >= 0.6 is 0 Å². The van der Waals surface area contributed by atoms with E-state index < -0.39 is 0 Å². The lowest BCUT2D eigenvalue weighted by atomic mass is 10.1. The predicted molar refractivity (Wildman–Crippen MR) is 70.7 cm³/mol. The van der Waals surface area contributed by atoms with Gasteiger partial charge in [0.05, 0.1) is 10.9 Å². The maximum atomic E-state index is 12.2. The first-order chi connectivity index (χ1) is 8.66. The van der Waals surface area contributed by atoms with Gasteiger partial charge in [-0.25, -0.2) is 9.50 Å². The number of aromatic amines is 1. The molecular formula is C13H14N4O. The Morgan fingerprint density at radius 2 is 2.22 bits per heavy atom. The van der Waals surface area contributed by atoms with Crippen LogP contribution in [0.25, 0.3) is 16.6 Å². The van der Waals surface area contributed by atoms with Gasteiger partial charge < -0.3 is 5.73 Å². The largest absolute Gasteiger partial charge is 0.328 e. The summed E-state index contributed by atoms with van der Waals surface area (Å²) in [5, 5.41) is 3.56. The molecule has 18 heavy (non-hydrogen) atoms. The molecule has 0 fully saturated rings. The van der Waals surface area contributed by atoms with E-state index in [-0.39, 0.29) is 11.6 Å². The average molecular weight is 242 g/mol. The highest BCUT2D eigenvalue weighted by Gasteiger charge is 2.11. The van der Waals surface area contributed by atoms with E-state index in [1.54, 1.807) is 12.3 Å². The van der Waals surface area contributed by atoms with Crippen LogP contribution in [0.15, 0.2) is 35.3 Å². The molecule has 2 heterocycles. The Balaban J connectivity index is 2.36. The molecule has 3 aromatic rings. The Morgan fingerprint density at radius 1 is 1.44 bits per heavy atom. The molecule has 92 valence electrons. The van der Waals surface area contributed by atoms with Crippen molar-refractivity contribution >= 4 is 16.6 Å². The average Bonchev–Trinajstić information content (AvgIpc) is 2.73. The highest BCUT2D eigenvalue weighted by atomic mass is 16.1. The summed E-state index contributed by atoms with van der Waals surface area (Å²) in [6.07, 6.45) is 2.49. The van der Waals surface area contributed by atoms with Crippen molar-refractivity contribution in [2.45, 2.75) is 19.4 Å². The molecule has 0 aliphatic carbocycles. The van der Waals surface area contributed by atoms with E-state index in [4.69, 9.17) is 5.73 Å². The molecule has 1 atom stereocenters. The van der Waals surface area contributed by atoms with Crippen LogP contribution in [0, 0.1) is 0 Å². The first-order valence-electron chi connectivity index (χ1n) is 5.90. The zero-order valence-corrected chi connectivity index (χ0v) is 10.1. The van der Waals surface area contributed by atoms with Gasteiger partial charge in [0.1, 0.15) is 0 Å². The summed E-state index contributed by atoms with van der Waals surface area (Å²) >= 11 is 0. The summed E-state index contributed by atoms with van der Waals surface area (Å²) in [6, 6.07) is 7.38. The molecule has 3 rings (SSSR count). The van der Waals surface area contributed by atoms with Crippen LogP contribution < -0.4 is 11.3 Å². The minimum absolute atomic E-state index is 0.0352. The van der Waals surface area contributed by atoms with E-state index in [1.165, 1.54) is 4.52 Å². The fourth-order valence-corrected chi connectivity index (χ4v) is 2.17. The fraction of sp³-hybridized carbons (Fsp3) is 0.231. The number of para-hydroxylation sites is 1. The number of nitrogens with two attached hydrogens (primary N) is 1. The lowest BCUT2D eigenvalue weighted by Crippen LogP contribution is -2.19. The van der Waals surface area contributed by atoms with Crippen LogP contribution in [0.4, 0.5) is 0 Å². The van der Waals surface area contributed by atoms with Gasteiger partial charge in [-0.05, 0) is 25.5 Å². The quantitative estimate of drug-likeness (QED) is 0.705. The number of nitrogens with one attached hydrogen (secondary N) is 1. The van der Waals surface area contributed by atoms with E-state index in [0.29, 0.717) is 23.0 Å². The molecule has 0 saturated carbocycles. The molecule has 5 nitrogen and oxygen atoms in total. The maximum absolute atomic E-state index is 12.2. The normalized spacial score (nSPS) is 13.2. The van der Waals surface area contributed by atoms with Gasteiger partial charge in [0.25, 0.3) is 5.56 Å². The van der Waals surface area contributed by atoms with Crippen molar-refractivity contribution in [3.63, 3.8) is 0 Å². The standard InChI is InChI=1S/C13H14N4O/c1-8(14)6-9-7-15-17-12(9)16-11-5-3-2-4-10(11)13(17)18/h2-5,7-8,15H,6,14H2,1H3. The monoisotopic (exact) mass is 242 g/mol. The molecule has 0 radical (unpaired) electrons. The third-order valence-electron chi connectivity index (χ3n) is 2.97. The van der Waals surface area contributed by atoms with Crippen LogP contribution in [0.3, 0.4) is 0 Å². The molecule has 1 unspecified atom stereocenters. The van der Waals surface area contributed by atoms with Gasteiger partial charge in [-0.2, -0.15) is 0 Å². The third kappa shape index (κ3) is 1.60. The van der Waals surface area contributed by atoms with E-state index in [1.807, 2.05) is 25.1 Å². The van der Waals surface area contributed by atoms with E-state index in [2.05, 4.69) is 10.1 Å². The molecule has 1 aromatic carbocycles. The second kappa shape index (κ2) is 3.96. The minimum Gasteiger partial charge on any atom is -0.328 e. The van der Waals surface area contributed by atoms with Crippen molar-refractivity contribution < 1.29 is 0 Å². The zero-order valence-electron chi connectivity index (χ0n) is 10.1. The number of H-pyrrole nitrogens is 1. The lowest BCUT2D eigenvalue weighted by molar-refractivity contribution is 0.740. The van der Waals surface area contributed by atoms with Crippen molar-refractivity contribution in [3.8, 4) is 0 Å². The predicted octanol–water partition coefficient (Wildman–Crippen LogP) is 1.07. The van der Waals surface area contributed by atoms with Crippen molar-refractivity contribution in [3.05, 3.63) is 46.4 Å². The molecule has 0 bridgehead atoms. The van der Waals surface area contributed by atoms with Gasteiger partial charge in [0, 0.05) is 17.8 Å². The fourth-order valence-electron chi connectivity index (χ4n) is 2.17. The van der Waals surface area contributed by atoms with Crippen LogP contribution in [-0.2, 0) is 6.42 Å². The lowest BCUT2D eigenvalue weighted by Gasteiger charge is -2.03. The smallest absolute Gasteiger partial charge is 0.280 e. The number of nitrogens with zero attached hydrogens (tertiary/aromatic N) is 2. The number of fused-ring (bicyclic) bond motifs is 2. The second-order valence-electron chi connectivity index (χ2n) is 4.57. The Kier molecular flexibility index (Phi) is 2.41. The molecule has 2 aromatic heterocycles. The van der Waals surface area contributed by atoms with Gasteiger partial charge >= 0.3 is 0 Å². The highest BCUT2D eigenvalue weighted by Crippen LogP contribution is 2.13. The number of aromatic nitrogens is 3. The van der Waals surface area contributed by atoms with E-state index >= 15 is 0 Å². The van der Waals surface area contributed by atoms with Crippen LogP contribution in [0.1, 0.15) is 12.5 Å². The van der Waals surface area contributed by atoms with Crippen LogP contribution in [-0.4, -0.2) is 20.6 Å². The molecular weight excluding hydrogens is 228 g/mol. The summed E-state index contributed by atoms with van der Waals surface area (Å²) in [5.41, 5.74) is 8.06. The molecule has 3 N–H and O–H groups in total. The molecule has 0 amide bonds. The second-order valence-corrected chi connectivity index (χ2v) is 4.57. The SMILES string of the molecule is CC(N)Cc1c[nH]n2c(=O)c3ccccc3nc12. The minimum atomic E-state index is -0.0773. The topological polar surface area (TPSA) is 76.2 Å². The van der Waals surface area contributed by atoms with Crippen molar-refractivity contribution in [1.29, 1.82) is 0 Å². The van der Waals surface area contributed by atoms with Gasteiger partial charge in [-0.15, -0.1) is 0 Å².